The van der Waals surface area contributed by atoms with Gasteiger partial charge in [0, 0.05) is 0 Å². The molecule has 0 aliphatic carbocycles. The van der Waals surface area contributed by atoms with E-state index >= 15 is 0 Å². The number of rotatable bonds is 3. The van der Waals surface area contributed by atoms with Crippen molar-refractivity contribution in [3.05, 3.63) is 72.9 Å². The molecule has 0 amide bonds. The Morgan fingerprint density at radius 1 is 0.900 bits per heavy atom. The third-order valence-electron chi connectivity index (χ3n) is 3.27. The Balaban J connectivity index is 2.66. The van der Waals surface area contributed by atoms with Crippen molar-refractivity contribution in [2.75, 3.05) is 0 Å². The van der Waals surface area contributed by atoms with Crippen LogP contribution in [0.15, 0.2) is 72.9 Å². The van der Waals surface area contributed by atoms with E-state index in [1.54, 1.807) is 0 Å². The maximum Gasteiger partial charge on any atom is 0.221 e. The van der Waals surface area contributed by atoms with Crippen molar-refractivity contribution in [3.8, 4) is 11.1 Å². The van der Waals surface area contributed by atoms with Gasteiger partial charge < -0.3 is 0 Å². The average Bonchev–Trinajstić information content (AvgIpc) is 2.50. The minimum absolute atomic E-state index is 0.565. The molecule has 0 spiro atoms. The molecule has 2 aromatic carbocycles. The van der Waals surface area contributed by atoms with Crippen molar-refractivity contribution in [1.29, 1.82) is 0 Å². The predicted molar refractivity (Wildman–Crippen MR) is 93.4 cm³/mol. The molecule has 0 atom stereocenters. The summed E-state index contributed by atoms with van der Waals surface area (Å²) < 4.78 is 0. The molecule has 0 aromatic heterocycles. The van der Waals surface area contributed by atoms with Gasteiger partial charge >= 0.3 is 0 Å². The summed E-state index contributed by atoms with van der Waals surface area (Å²) in [5.41, 5.74) is 9.21. The minimum Gasteiger partial charge on any atom is -0.139 e. The van der Waals surface area contributed by atoms with Crippen molar-refractivity contribution in [2.24, 2.45) is 0 Å². The second-order valence-electron chi connectivity index (χ2n) is 4.99. The number of hydrogen-bond donors (Lipinski definition) is 0. The Kier molecular flexibility index (Phi) is 4.78. The SMILES string of the molecule is C=C[Si](C#C[Si](C)C)(c1ccccc1)c1ccccc1. The molecule has 0 saturated carbocycles. The second kappa shape index (κ2) is 6.56. The standard InChI is InChI=1S/C18H19Si2/c1-4-20(16-15-19(2)3,17-11-7-5-8-12-17)18-13-9-6-10-14-18/h4-14H,1H2,2-3H3. The van der Waals surface area contributed by atoms with Crippen molar-refractivity contribution >= 4 is 27.2 Å². The molecule has 2 rings (SSSR count). The van der Waals surface area contributed by atoms with Crippen molar-refractivity contribution in [2.45, 2.75) is 13.1 Å². The van der Waals surface area contributed by atoms with Crippen LogP contribution in [-0.2, 0) is 0 Å². The lowest BCUT2D eigenvalue weighted by Crippen LogP contribution is -2.56. The highest BCUT2D eigenvalue weighted by Crippen LogP contribution is 2.06. The predicted octanol–water partition coefficient (Wildman–Crippen LogP) is 2.81. The summed E-state index contributed by atoms with van der Waals surface area (Å²) in [6.45, 7) is 8.60. The molecule has 20 heavy (non-hydrogen) atoms. The minimum atomic E-state index is -2.16. The van der Waals surface area contributed by atoms with Gasteiger partial charge in [0.25, 0.3) is 0 Å². The van der Waals surface area contributed by atoms with Crippen LogP contribution in [0.5, 0.6) is 0 Å². The lowest BCUT2D eigenvalue weighted by molar-refractivity contribution is 1.72. The lowest BCUT2D eigenvalue weighted by atomic mass is 10.4. The molecule has 0 N–H and O–H groups in total. The zero-order valence-corrected chi connectivity index (χ0v) is 14.1. The van der Waals surface area contributed by atoms with Gasteiger partial charge in [0.05, 0.1) is 0 Å². The first-order valence-electron chi connectivity index (χ1n) is 6.77. The maximum absolute atomic E-state index is 4.13. The third-order valence-corrected chi connectivity index (χ3v) is 7.77. The fourth-order valence-electron chi connectivity index (χ4n) is 2.22. The molecule has 0 unspecified atom stereocenters. The first-order valence-corrected chi connectivity index (χ1v) is 11.3. The molecule has 0 aliphatic heterocycles. The maximum atomic E-state index is 4.13. The lowest BCUT2D eigenvalue weighted by Gasteiger charge is -2.23. The number of benzene rings is 2. The van der Waals surface area contributed by atoms with E-state index in [1.807, 2.05) is 0 Å². The van der Waals surface area contributed by atoms with Gasteiger partial charge in [-0.2, -0.15) is 0 Å². The highest BCUT2D eigenvalue weighted by atomic mass is 28.3. The van der Waals surface area contributed by atoms with Crippen molar-refractivity contribution in [3.63, 3.8) is 0 Å². The van der Waals surface area contributed by atoms with Gasteiger partial charge in [0.1, 0.15) is 8.80 Å². The molecular formula is C18H19Si2. The van der Waals surface area contributed by atoms with E-state index < -0.39 is 16.9 Å². The molecule has 0 bridgehead atoms. The molecule has 2 aromatic rings. The first kappa shape index (κ1) is 14.6. The summed E-state index contributed by atoms with van der Waals surface area (Å²) in [6.07, 6.45) is 0. The number of hydrogen-bond acceptors (Lipinski definition) is 0. The zero-order chi connectivity index (χ0) is 14.4. The van der Waals surface area contributed by atoms with Crippen LogP contribution in [0.3, 0.4) is 0 Å². The molecule has 2 heteroatoms. The van der Waals surface area contributed by atoms with Gasteiger partial charge in [-0.3, -0.25) is 0 Å². The first-order chi connectivity index (χ1) is 9.69. The van der Waals surface area contributed by atoms with Crippen molar-refractivity contribution in [1.82, 2.24) is 0 Å². The van der Waals surface area contributed by atoms with E-state index in [2.05, 4.69) is 97.1 Å². The van der Waals surface area contributed by atoms with Crippen LogP contribution in [0.1, 0.15) is 0 Å². The molecule has 0 aliphatic rings. The molecule has 0 saturated heterocycles. The van der Waals surface area contributed by atoms with Gasteiger partial charge in [-0.05, 0) is 10.4 Å². The van der Waals surface area contributed by atoms with E-state index in [0.29, 0.717) is 0 Å². The molecular weight excluding hydrogens is 272 g/mol. The van der Waals surface area contributed by atoms with Crippen LogP contribution >= 0.6 is 0 Å². The van der Waals surface area contributed by atoms with E-state index in [9.17, 15) is 0 Å². The van der Waals surface area contributed by atoms with Crippen LogP contribution in [0.25, 0.3) is 0 Å². The molecule has 0 fully saturated rings. The highest BCUT2D eigenvalue weighted by Gasteiger charge is 2.32. The quantitative estimate of drug-likeness (QED) is 0.602. The largest absolute Gasteiger partial charge is 0.221 e. The molecule has 0 heterocycles. The van der Waals surface area contributed by atoms with Gasteiger partial charge in [-0.25, -0.2) is 0 Å². The average molecular weight is 292 g/mol. The van der Waals surface area contributed by atoms with Gasteiger partial charge in [-0.15, -0.1) is 17.7 Å². The van der Waals surface area contributed by atoms with Gasteiger partial charge in [0.15, 0.2) is 0 Å². The highest BCUT2D eigenvalue weighted by molar-refractivity contribution is 7.11. The van der Waals surface area contributed by atoms with Crippen LogP contribution in [0.4, 0.5) is 0 Å². The summed E-state index contributed by atoms with van der Waals surface area (Å²) in [6, 6.07) is 21.2. The van der Waals surface area contributed by atoms with Gasteiger partial charge in [0.2, 0.25) is 8.07 Å². The Morgan fingerprint density at radius 2 is 1.35 bits per heavy atom. The molecule has 1 radical (unpaired) electrons. The normalized spacial score (nSPS) is 10.8. The second-order valence-corrected chi connectivity index (χ2v) is 10.7. The third kappa shape index (κ3) is 3.01. The topological polar surface area (TPSA) is 0 Å². The fourth-order valence-corrected chi connectivity index (χ4v) is 6.64. The van der Waals surface area contributed by atoms with Crippen LogP contribution in [-0.4, -0.2) is 16.9 Å². The van der Waals surface area contributed by atoms with E-state index in [4.69, 9.17) is 0 Å². The van der Waals surface area contributed by atoms with Crippen LogP contribution < -0.4 is 10.4 Å². The summed E-state index contributed by atoms with van der Waals surface area (Å²) >= 11 is 0. The van der Waals surface area contributed by atoms with Crippen molar-refractivity contribution < 1.29 is 0 Å². The summed E-state index contributed by atoms with van der Waals surface area (Å²) in [4.78, 5) is 0. The molecule has 99 valence electrons. The summed E-state index contributed by atoms with van der Waals surface area (Å²) in [5.74, 6) is 0. The smallest absolute Gasteiger partial charge is 0.139 e. The van der Waals surface area contributed by atoms with E-state index in [1.165, 1.54) is 10.4 Å². The fraction of sp³-hybridized carbons (Fsp3) is 0.111. The van der Waals surface area contributed by atoms with E-state index in [0.717, 1.165) is 0 Å². The Labute approximate surface area is 124 Å². The summed E-state index contributed by atoms with van der Waals surface area (Å²) in [7, 11) is -2.72. The Hall–Kier alpha value is -1.83. The summed E-state index contributed by atoms with van der Waals surface area (Å²) in [5, 5.41) is 2.63. The van der Waals surface area contributed by atoms with Crippen LogP contribution in [0.2, 0.25) is 13.1 Å². The monoisotopic (exact) mass is 291 g/mol. The Morgan fingerprint density at radius 3 is 1.70 bits per heavy atom. The zero-order valence-electron chi connectivity index (χ0n) is 12.1. The van der Waals surface area contributed by atoms with Crippen LogP contribution in [0, 0.1) is 11.1 Å². The van der Waals surface area contributed by atoms with E-state index in [-0.39, 0.29) is 0 Å². The molecule has 0 nitrogen and oxygen atoms in total. The Bertz CT molecular complexity index is 579. The van der Waals surface area contributed by atoms with Gasteiger partial charge in [-0.1, -0.05) is 79.5 Å².